The standard InChI is InChI=1S/C21H24ClNO4S/c1-11-6-8-15(22)16(9-11)27-13(3)19(24)23-20-18(21(25)26-4)14-7-5-12(2)10-17(14)28-20/h6,8-9,12-13H,5,7,10H2,1-4H3,(H,23,24)/t12-,13-/m1/s1. The number of aryl methyl sites for hydroxylation is 1. The third-order valence-corrected chi connectivity index (χ3v) is 6.38. The number of benzene rings is 1. The second kappa shape index (κ2) is 8.53. The van der Waals surface area contributed by atoms with Crippen molar-refractivity contribution >= 4 is 39.8 Å². The molecule has 2 atom stereocenters. The van der Waals surface area contributed by atoms with Gasteiger partial charge in [-0.1, -0.05) is 24.6 Å². The zero-order chi connectivity index (χ0) is 20.4. The molecular formula is C21H24ClNO4S. The summed E-state index contributed by atoms with van der Waals surface area (Å²) in [6.45, 7) is 5.77. The fraction of sp³-hybridized carbons (Fsp3) is 0.429. The van der Waals surface area contributed by atoms with E-state index in [0.717, 1.165) is 35.3 Å². The molecule has 150 valence electrons. The molecule has 0 fully saturated rings. The first-order valence-corrected chi connectivity index (χ1v) is 10.5. The van der Waals surface area contributed by atoms with E-state index in [0.29, 0.717) is 27.3 Å². The maximum absolute atomic E-state index is 12.7. The maximum Gasteiger partial charge on any atom is 0.341 e. The van der Waals surface area contributed by atoms with Crippen molar-refractivity contribution in [3.63, 3.8) is 0 Å². The first kappa shape index (κ1) is 20.7. The Kier molecular flexibility index (Phi) is 6.30. The summed E-state index contributed by atoms with van der Waals surface area (Å²) in [5.74, 6) is 0.259. The summed E-state index contributed by atoms with van der Waals surface area (Å²) in [7, 11) is 1.36. The number of nitrogens with one attached hydrogen (secondary N) is 1. The van der Waals surface area contributed by atoms with E-state index in [9.17, 15) is 9.59 Å². The normalized spacial score (nSPS) is 16.8. The van der Waals surface area contributed by atoms with Crippen molar-refractivity contribution in [1.29, 1.82) is 0 Å². The van der Waals surface area contributed by atoms with Gasteiger partial charge in [0.15, 0.2) is 6.10 Å². The van der Waals surface area contributed by atoms with Gasteiger partial charge in [0.1, 0.15) is 10.8 Å². The van der Waals surface area contributed by atoms with E-state index in [4.69, 9.17) is 21.1 Å². The fourth-order valence-corrected chi connectivity index (χ4v) is 4.88. The van der Waals surface area contributed by atoms with Crippen LogP contribution < -0.4 is 10.1 Å². The average molecular weight is 422 g/mol. The molecule has 5 nitrogen and oxygen atoms in total. The number of amides is 1. The third kappa shape index (κ3) is 4.33. The summed E-state index contributed by atoms with van der Waals surface area (Å²) in [6.07, 6.45) is 1.97. The van der Waals surface area contributed by atoms with Crippen molar-refractivity contribution in [2.45, 2.75) is 46.1 Å². The Morgan fingerprint density at radius 2 is 2.11 bits per heavy atom. The Morgan fingerprint density at radius 1 is 1.36 bits per heavy atom. The van der Waals surface area contributed by atoms with Crippen LogP contribution in [0, 0.1) is 12.8 Å². The minimum Gasteiger partial charge on any atom is -0.479 e. The second-order valence-electron chi connectivity index (χ2n) is 7.23. The van der Waals surface area contributed by atoms with Gasteiger partial charge in [0.2, 0.25) is 0 Å². The highest BCUT2D eigenvalue weighted by Crippen LogP contribution is 2.40. The molecule has 1 aliphatic carbocycles. The molecule has 0 unspecified atom stereocenters. The van der Waals surface area contributed by atoms with Crippen LogP contribution in [0.25, 0.3) is 0 Å². The van der Waals surface area contributed by atoms with Gasteiger partial charge in [0, 0.05) is 4.88 Å². The molecule has 1 heterocycles. The monoisotopic (exact) mass is 421 g/mol. The van der Waals surface area contributed by atoms with Crippen LogP contribution in [0.1, 0.15) is 46.6 Å². The van der Waals surface area contributed by atoms with E-state index in [1.807, 2.05) is 13.0 Å². The first-order valence-electron chi connectivity index (χ1n) is 9.26. The molecule has 0 saturated heterocycles. The second-order valence-corrected chi connectivity index (χ2v) is 8.74. The highest BCUT2D eigenvalue weighted by Gasteiger charge is 2.29. The highest BCUT2D eigenvalue weighted by molar-refractivity contribution is 7.17. The molecule has 0 bridgehead atoms. The summed E-state index contributed by atoms with van der Waals surface area (Å²) < 4.78 is 10.7. The van der Waals surface area contributed by atoms with Crippen molar-refractivity contribution < 1.29 is 19.1 Å². The van der Waals surface area contributed by atoms with Gasteiger partial charge in [-0.25, -0.2) is 4.79 Å². The van der Waals surface area contributed by atoms with Crippen molar-refractivity contribution in [3.05, 3.63) is 44.8 Å². The van der Waals surface area contributed by atoms with Crippen LogP contribution in [0.15, 0.2) is 18.2 Å². The molecule has 28 heavy (non-hydrogen) atoms. The molecule has 1 aliphatic rings. The molecule has 1 aromatic carbocycles. The van der Waals surface area contributed by atoms with Gasteiger partial charge in [0.05, 0.1) is 17.7 Å². The summed E-state index contributed by atoms with van der Waals surface area (Å²) in [6, 6.07) is 5.40. The van der Waals surface area contributed by atoms with Crippen LogP contribution in [0.2, 0.25) is 5.02 Å². The first-order chi connectivity index (χ1) is 13.3. The Balaban J connectivity index is 1.81. The number of thiophene rings is 1. The van der Waals surface area contributed by atoms with Crippen LogP contribution in [0.4, 0.5) is 5.00 Å². The van der Waals surface area contributed by atoms with Crippen LogP contribution in [-0.2, 0) is 22.4 Å². The van der Waals surface area contributed by atoms with Crippen molar-refractivity contribution in [2.24, 2.45) is 5.92 Å². The molecular weight excluding hydrogens is 398 g/mol. The van der Waals surface area contributed by atoms with Crippen molar-refractivity contribution in [2.75, 3.05) is 12.4 Å². The smallest absolute Gasteiger partial charge is 0.341 e. The van der Waals surface area contributed by atoms with E-state index < -0.39 is 12.1 Å². The molecule has 3 rings (SSSR count). The minimum atomic E-state index is -0.775. The number of carbonyl (C=O) groups is 2. The molecule has 0 radical (unpaired) electrons. The van der Waals surface area contributed by atoms with Gasteiger partial charge in [-0.05, 0) is 62.3 Å². The minimum absolute atomic E-state index is 0.339. The molecule has 1 aromatic heterocycles. The molecule has 2 aromatic rings. The van der Waals surface area contributed by atoms with Crippen LogP contribution >= 0.6 is 22.9 Å². The largest absolute Gasteiger partial charge is 0.479 e. The number of ether oxygens (including phenoxy) is 2. The van der Waals surface area contributed by atoms with E-state index >= 15 is 0 Å². The summed E-state index contributed by atoms with van der Waals surface area (Å²) in [4.78, 5) is 26.2. The average Bonchev–Trinajstić information content (AvgIpc) is 3.00. The van der Waals surface area contributed by atoms with Gasteiger partial charge in [-0.2, -0.15) is 0 Å². The number of fused-ring (bicyclic) bond motifs is 1. The van der Waals surface area contributed by atoms with Gasteiger partial charge in [-0.3, -0.25) is 4.79 Å². The SMILES string of the molecule is COC(=O)c1c(NC(=O)[C@@H](C)Oc2cc(C)ccc2Cl)sc2c1CC[C@@H](C)C2. The van der Waals surface area contributed by atoms with E-state index in [1.165, 1.54) is 18.4 Å². The molecule has 1 amide bonds. The van der Waals surface area contributed by atoms with E-state index in [-0.39, 0.29) is 5.91 Å². The number of anilines is 1. The summed E-state index contributed by atoms with van der Waals surface area (Å²) in [5, 5.41) is 3.84. The number of carbonyl (C=O) groups excluding carboxylic acids is 2. The van der Waals surface area contributed by atoms with Gasteiger partial charge in [-0.15, -0.1) is 11.3 Å². The predicted octanol–water partition coefficient (Wildman–Crippen LogP) is 5.03. The third-order valence-electron chi connectivity index (χ3n) is 4.90. The zero-order valence-electron chi connectivity index (χ0n) is 16.4. The lowest BCUT2D eigenvalue weighted by Crippen LogP contribution is -2.30. The number of hydrogen-bond acceptors (Lipinski definition) is 5. The lowest BCUT2D eigenvalue weighted by molar-refractivity contribution is -0.122. The topological polar surface area (TPSA) is 64.6 Å². The number of rotatable bonds is 5. The summed E-state index contributed by atoms with van der Waals surface area (Å²) >= 11 is 7.61. The lowest BCUT2D eigenvalue weighted by atomic mass is 9.88. The Bertz CT molecular complexity index is 908. The molecule has 7 heteroatoms. The Morgan fingerprint density at radius 3 is 2.82 bits per heavy atom. The van der Waals surface area contributed by atoms with Crippen LogP contribution in [0.5, 0.6) is 5.75 Å². The van der Waals surface area contributed by atoms with Crippen molar-refractivity contribution in [1.82, 2.24) is 0 Å². The number of esters is 1. The van der Waals surface area contributed by atoms with Gasteiger partial charge >= 0.3 is 5.97 Å². The van der Waals surface area contributed by atoms with E-state index in [2.05, 4.69) is 12.2 Å². The molecule has 0 saturated carbocycles. The molecule has 0 spiro atoms. The summed E-state index contributed by atoms with van der Waals surface area (Å²) in [5.41, 5.74) is 2.46. The van der Waals surface area contributed by atoms with Crippen LogP contribution in [0.3, 0.4) is 0 Å². The maximum atomic E-state index is 12.7. The molecule has 1 N–H and O–H groups in total. The predicted molar refractivity (Wildman–Crippen MR) is 112 cm³/mol. The lowest BCUT2D eigenvalue weighted by Gasteiger charge is -2.18. The van der Waals surface area contributed by atoms with Gasteiger partial charge in [0.25, 0.3) is 5.91 Å². The van der Waals surface area contributed by atoms with E-state index in [1.54, 1.807) is 19.1 Å². The Labute approximate surface area is 174 Å². The molecule has 0 aliphatic heterocycles. The Hall–Kier alpha value is -2.05. The van der Waals surface area contributed by atoms with Gasteiger partial charge < -0.3 is 14.8 Å². The van der Waals surface area contributed by atoms with Crippen molar-refractivity contribution in [3.8, 4) is 5.75 Å². The fourth-order valence-electron chi connectivity index (χ4n) is 3.32. The van der Waals surface area contributed by atoms with Crippen LogP contribution in [-0.4, -0.2) is 25.1 Å². The number of hydrogen-bond donors (Lipinski definition) is 1. The number of methoxy groups -OCH3 is 1. The highest BCUT2D eigenvalue weighted by atomic mass is 35.5. The number of halogens is 1. The zero-order valence-corrected chi connectivity index (χ0v) is 18.0. The quantitative estimate of drug-likeness (QED) is 0.688.